The summed E-state index contributed by atoms with van der Waals surface area (Å²) in [6.45, 7) is 0. The lowest BCUT2D eigenvalue weighted by atomic mass is 9.97. The van der Waals surface area contributed by atoms with Crippen LogP contribution in [0.3, 0.4) is 0 Å². The second-order valence-electron chi connectivity index (χ2n) is 4.45. The zero-order valence-electron chi connectivity index (χ0n) is 9.84. The number of oxime groups is 1. The Morgan fingerprint density at radius 1 is 1.29 bits per heavy atom. The molecule has 3 heteroatoms. The van der Waals surface area contributed by atoms with E-state index in [2.05, 4.69) is 5.16 Å². The summed E-state index contributed by atoms with van der Waals surface area (Å²) in [5.41, 5.74) is 0.600. The Balaban J connectivity index is 1.85. The van der Waals surface area contributed by atoms with Gasteiger partial charge in [0.25, 0.3) is 0 Å². The highest BCUT2D eigenvalue weighted by Crippen LogP contribution is 2.20. The molecule has 1 unspecified atom stereocenters. The van der Waals surface area contributed by atoms with Crippen molar-refractivity contribution in [3.63, 3.8) is 0 Å². The fourth-order valence-electron chi connectivity index (χ4n) is 2.15. The van der Waals surface area contributed by atoms with Gasteiger partial charge in [0.1, 0.15) is 12.0 Å². The molecule has 2 aliphatic rings. The highest BCUT2D eigenvalue weighted by Gasteiger charge is 2.14. The van der Waals surface area contributed by atoms with Gasteiger partial charge in [0.15, 0.2) is 0 Å². The normalized spacial score (nSPS) is 25.2. The third-order valence-electron chi connectivity index (χ3n) is 3.17. The van der Waals surface area contributed by atoms with Crippen LogP contribution in [0, 0.1) is 5.92 Å². The standard InChI is InChI=1S/C14H17NO2/c16-11-13-7-5-4-6-12(13)10-15-17-14-8-2-1-3-9-14/h4-7,10,12,14H,1-3,8-9H2. The summed E-state index contributed by atoms with van der Waals surface area (Å²) in [4.78, 5) is 16.1. The average Bonchev–Trinajstić information content (AvgIpc) is 2.40. The van der Waals surface area contributed by atoms with E-state index in [-0.39, 0.29) is 12.0 Å². The van der Waals surface area contributed by atoms with Crippen LogP contribution in [0.2, 0.25) is 0 Å². The van der Waals surface area contributed by atoms with Gasteiger partial charge in [-0.05, 0) is 31.8 Å². The SMILES string of the molecule is O=C=C1C=CC=CC1C=NOC1CCCCC1. The van der Waals surface area contributed by atoms with Gasteiger partial charge in [-0.3, -0.25) is 0 Å². The highest BCUT2D eigenvalue weighted by atomic mass is 16.6. The van der Waals surface area contributed by atoms with Crippen LogP contribution in [0.15, 0.2) is 35.0 Å². The molecule has 0 aliphatic heterocycles. The quantitative estimate of drug-likeness (QED) is 0.425. The van der Waals surface area contributed by atoms with E-state index in [0.29, 0.717) is 5.57 Å². The van der Waals surface area contributed by atoms with Gasteiger partial charge >= 0.3 is 0 Å². The summed E-state index contributed by atoms with van der Waals surface area (Å²) < 4.78 is 0. The minimum Gasteiger partial charge on any atom is -0.393 e. The van der Waals surface area contributed by atoms with E-state index in [4.69, 9.17) is 4.84 Å². The van der Waals surface area contributed by atoms with Crippen LogP contribution in [0.4, 0.5) is 0 Å². The van der Waals surface area contributed by atoms with E-state index in [1.807, 2.05) is 24.2 Å². The molecular formula is C14H17NO2. The van der Waals surface area contributed by atoms with Crippen molar-refractivity contribution in [3.05, 3.63) is 29.9 Å². The summed E-state index contributed by atoms with van der Waals surface area (Å²) in [5.74, 6) is 1.83. The third-order valence-corrected chi connectivity index (χ3v) is 3.17. The molecule has 0 amide bonds. The van der Waals surface area contributed by atoms with Gasteiger partial charge < -0.3 is 4.84 Å². The third kappa shape index (κ3) is 3.43. The Kier molecular flexibility index (Phi) is 4.34. The minimum atomic E-state index is -0.0962. The predicted molar refractivity (Wildman–Crippen MR) is 67.4 cm³/mol. The number of carbonyl (C=O) groups excluding carboxylic acids is 1. The van der Waals surface area contributed by atoms with Crippen molar-refractivity contribution in [3.8, 4) is 0 Å². The molecule has 1 saturated carbocycles. The average molecular weight is 231 g/mol. The fourth-order valence-corrected chi connectivity index (χ4v) is 2.15. The molecule has 3 nitrogen and oxygen atoms in total. The molecule has 17 heavy (non-hydrogen) atoms. The molecule has 0 N–H and O–H groups in total. The van der Waals surface area contributed by atoms with Gasteiger partial charge in [0, 0.05) is 5.57 Å². The van der Waals surface area contributed by atoms with E-state index < -0.39 is 0 Å². The largest absolute Gasteiger partial charge is 0.393 e. The molecule has 0 radical (unpaired) electrons. The Bertz CT molecular complexity index is 383. The van der Waals surface area contributed by atoms with Crippen molar-refractivity contribution >= 4 is 12.2 Å². The Morgan fingerprint density at radius 3 is 2.88 bits per heavy atom. The second kappa shape index (κ2) is 6.21. The number of nitrogens with zero attached hydrogens (tertiary/aromatic N) is 1. The van der Waals surface area contributed by atoms with Crippen molar-refractivity contribution in [1.29, 1.82) is 0 Å². The van der Waals surface area contributed by atoms with Crippen LogP contribution in [0.5, 0.6) is 0 Å². The molecule has 90 valence electrons. The van der Waals surface area contributed by atoms with Gasteiger partial charge in [-0.1, -0.05) is 29.8 Å². The molecule has 0 spiro atoms. The van der Waals surface area contributed by atoms with Crippen LogP contribution < -0.4 is 0 Å². The molecule has 1 fully saturated rings. The smallest absolute Gasteiger partial charge is 0.128 e. The van der Waals surface area contributed by atoms with Crippen LogP contribution in [0.25, 0.3) is 0 Å². The summed E-state index contributed by atoms with van der Waals surface area (Å²) in [6.07, 6.45) is 15.3. The molecule has 0 aromatic heterocycles. The van der Waals surface area contributed by atoms with Gasteiger partial charge in [-0.25, -0.2) is 4.79 Å². The molecule has 0 aromatic rings. The number of allylic oxidation sites excluding steroid dienone is 5. The molecular weight excluding hydrogens is 214 g/mol. The van der Waals surface area contributed by atoms with Gasteiger partial charge in [0.2, 0.25) is 0 Å². The molecule has 0 heterocycles. The predicted octanol–water partition coefficient (Wildman–Crippen LogP) is 2.82. The Morgan fingerprint density at radius 2 is 2.12 bits per heavy atom. The van der Waals surface area contributed by atoms with E-state index >= 15 is 0 Å². The van der Waals surface area contributed by atoms with Gasteiger partial charge in [-0.15, -0.1) is 0 Å². The maximum atomic E-state index is 10.7. The van der Waals surface area contributed by atoms with Crippen molar-refractivity contribution < 1.29 is 9.63 Å². The van der Waals surface area contributed by atoms with Crippen LogP contribution >= 0.6 is 0 Å². The highest BCUT2D eigenvalue weighted by molar-refractivity contribution is 5.76. The molecule has 0 aromatic carbocycles. The van der Waals surface area contributed by atoms with E-state index in [0.717, 1.165) is 12.8 Å². The molecule has 0 bridgehead atoms. The van der Waals surface area contributed by atoms with Crippen LogP contribution in [-0.2, 0) is 9.63 Å². The molecule has 1 atom stereocenters. The first-order chi connectivity index (χ1) is 8.40. The van der Waals surface area contributed by atoms with E-state index in [1.54, 1.807) is 12.3 Å². The number of hydrogen-bond acceptors (Lipinski definition) is 3. The van der Waals surface area contributed by atoms with Crippen LogP contribution in [-0.4, -0.2) is 18.3 Å². The van der Waals surface area contributed by atoms with Gasteiger partial charge in [-0.2, -0.15) is 0 Å². The summed E-state index contributed by atoms with van der Waals surface area (Å²) in [6, 6.07) is 0. The van der Waals surface area contributed by atoms with E-state index in [1.165, 1.54) is 19.3 Å². The summed E-state index contributed by atoms with van der Waals surface area (Å²) in [5, 5.41) is 4.01. The fraction of sp³-hybridized carbons (Fsp3) is 0.500. The maximum Gasteiger partial charge on any atom is 0.128 e. The lowest BCUT2D eigenvalue weighted by Crippen LogP contribution is -2.14. The maximum absolute atomic E-state index is 10.7. The minimum absolute atomic E-state index is 0.0962. The summed E-state index contributed by atoms with van der Waals surface area (Å²) >= 11 is 0. The number of hydrogen-bond donors (Lipinski definition) is 0. The molecule has 2 aliphatic carbocycles. The topological polar surface area (TPSA) is 38.7 Å². The lowest BCUT2D eigenvalue weighted by molar-refractivity contribution is 0.0334. The second-order valence-corrected chi connectivity index (χ2v) is 4.45. The monoisotopic (exact) mass is 231 g/mol. The zero-order valence-corrected chi connectivity index (χ0v) is 9.84. The Labute approximate surface area is 102 Å². The first-order valence-electron chi connectivity index (χ1n) is 6.19. The summed E-state index contributed by atoms with van der Waals surface area (Å²) in [7, 11) is 0. The first-order valence-corrected chi connectivity index (χ1v) is 6.19. The van der Waals surface area contributed by atoms with Crippen LogP contribution in [0.1, 0.15) is 32.1 Å². The molecule has 0 saturated heterocycles. The zero-order chi connectivity index (χ0) is 11.9. The van der Waals surface area contributed by atoms with Crippen molar-refractivity contribution in [2.45, 2.75) is 38.2 Å². The lowest BCUT2D eigenvalue weighted by Gasteiger charge is -2.19. The van der Waals surface area contributed by atoms with Crippen molar-refractivity contribution in [2.24, 2.45) is 11.1 Å². The number of rotatable bonds is 3. The first kappa shape index (κ1) is 11.9. The Hall–Kier alpha value is -1.60. The van der Waals surface area contributed by atoms with E-state index in [9.17, 15) is 4.79 Å². The molecule has 2 rings (SSSR count). The van der Waals surface area contributed by atoms with Crippen molar-refractivity contribution in [1.82, 2.24) is 0 Å². The van der Waals surface area contributed by atoms with Gasteiger partial charge in [0.05, 0.1) is 12.1 Å². The van der Waals surface area contributed by atoms with Crippen molar-refractivity contribution in [2.75, 3.05) is 0 Å².